The highest BCUT2D eigenvalue weighted by Gasteiger charge is 2.22. The van der Waals surface area contributed by atoms with Gasteiger partial charge in [-0.2, -0.15) is 0 Å². The monoisotopic (exact) mass is 467 g/mol. The second kappa shape index (κ2) is 11.5. The van der Waals surface area contributed by atoms with Crippen LogP contribution in [0.5, 0.6) is 11.5 Å². The number of amides is 1. The van der Waals surface area contributed by atoms with Gasteiger partial charge in [0.2, 0.25) is 5.91 Å². The molecule has 0 aliphatic carbocycles. The Morgan fingerprint density at radius 1 is 0.970 bits per heavy atom. The van der Waals surface area contributed by atoms with E-state index < -0.39 is 5.97 Å². The molecule has 2 aromatic carbocycles. The van der Waals surface area contributed by atoms with Crippen molar-refractivity contribution in [3.8, 4) is 22.6 Å². The Hall–Kier alpha value is -3.32. The van der Waals surface area contributed by atoms with E-state index in [9.17, 15) is 9.59 Å². The van der Waals surface area contributed by atoms with Gasteiger partial charge in [0, 0.05) is 17.4 Å². The number of aryl methyl sites for hydroxylation is 2. The van der Waals surface area contributed by atoms with E-state index in [2.05, 4.69) is 12.2 Å². The van der Waals surface area contributed by atoms with Crippen LogP contribution in [0.3, 0.4) is 0 Å². The number of rotatable bonds is 10. The predicted octanol–water partition coefficient (Wildman–Crippen LogP) is 5.74. The first kappa shape index (κ1) is 24.3. The normalized spacial score (nSPS) is 10.5. The van der Waals surface area contributed by atoms with Gasteiger partial charge in [-0.3, -0.25) is 4.79 Å². The first-order valence-electron chi connectivity index (χ1n) is 10.9. The minimum atomic E-state index is -0.475. The summed E-state index contributed by atoms with van der Waals surface area (Å²) in [6.45, 7) is 4.55. The fraction of sp³-hybridized carbons (Fsp3) is 0.308. The van der Waals surface area contributed by atoms with Crippen LogP contribution < -0.4 is 14.8 Å². The molecule has 0 radical (unpaired) electrons. The summed E-state index contributed by atoms with van der Waals surface area (Å²) < 4.78 is 15.9. The number of benzene rings is 2. The molecule has 1 heterocycles. The van der Waals surface area contributed by atoms with Gasteiger partial charge in [-0.05, 0) is 48.6 Å². The third-order valence-electron chi connectivity index (χ3n) is 5.28. The zero-order valence-corrected chi connectivity index (χ0v) is 20.2. The molecule has 0 saturated carbocycles. The summed E-state index contributed by atoms with van der Waals surface area (Å²) in [4.78, 5) is 25.2. The molecule has 0 atom stereocenters. The van der Waals surface area contributed by atoms with E-state index in [-0.39, 0.29) is 12.3 Å². The maximum absolute atomic E-state index is 12.7. The van der Waals surface area contributed by atoms with Crippen molar-refractivity contribution in [2.24, 2.45) is 0 Å². The molecule has 0 aliphatic rings. The molecule has 0 saturated heterocycles. The molecule has 0 aliphatic heterocycles. The van der Waals surface area contributed by atoms with Gasteiger partial charge in [0.05, 0.1) is 20.8 Å². The highest BCUT2D eigenvalue weighted by atomic mass is 32.1. The maximum atomic E-state index is 12.7. The number of esters is 1. The number of hydrogen-bond donors (Lipinski definition) is 1. The lowest BCUT2D eigenvalue weighted by Gasteiger charge is -2.11. The van der Waals surface area contributed by atoms with Crippen LogP contribution in [0, 0.1) is 0 Å². The Labute approximate surface area is 198 Å². The summed E-state index contributed by atoms with van der Waals surface area (Å²) in [7, 11) is 2.93. The highest BCUT2D eigenvalue weighted by Crippen LogP contribution is 2.36. The Bertz CT molecular complexity index is 1100. The van der Waals surface area contributed by atoms with E-state index in [4.69, 9.17) is 14.2 Å². The zero-order chi connectivity index (χ0) is 23.8. The summed E-state index contributed by atoms with van der Waals surface area (Å²) in [5.41, 5.74) is 4.21. The summed E-state index contributed by atoms with van der Waals surface area (Å²) in [5, 5.41) is 5.26. The van der Waals surface area contributed by atoms with E-state index in [1.807, 2.05) is 54.8 Å². The number of thiophene rings is 1. The Morgan fingerprint density at radius 3 is 2.33 bits per heavy atom. The zero-order valence-electron chi connectivity index (χ0n) is 19.4. The predicted molar refractivity (Wildman–Crippen MR) is 132 cm³/mol. The molecule has 3 rings (SSSR count). The summed E-state index contributed by atoms with van der Waals surface area (Å²) in [5.74, 6) is 0.661. The van der Waals surface area contributed by atoms with Crippen LogP contribution in [0.4, 0.5) is 5.00 Å². The SMILES string of the molecule is CCOc1ccc(CCC(=O)Nc2scc(-c3ccc(CC)cc3)c2C(=O)OC)cc1OC. The van der Waals surface area contributed by atoms with Crippen LogP contribution in [-0.4, -0.2) is 32.7 Å². The van der Waals surface area contributed by atoms with E-state index in [0.29, 0.717) is 35.1 Å². The first-order valence-corrected chi connectivity index (χ1v) is 11.8. The lowest BCUT2D eigenvalue weighted by molar-refractivity contribution is -0.116. The lowest BCUT2D eigenvalue weighted by Crippen LogP contribution is -2.14. The molecule has 3 aromatic rings. The van der Waals surface area contributed by atoms with E-state index in [1.165, 1.54) is 24.0 Å². The molecule has 0 spiro atoms. The fourth-order valence-electron chi connectivity index (χ4n) is 3.48. The Balaban J connectivity index is 1.74. The van der Waals surface area contributed by atoms with Crippen molar-refractivity contribution in [1.29, 1.82) is 0 Å². The van der Waals surface area contributed by atoms with Gasteiger partial charge in [0.25, 0.3) is 0 Å². The molecule has 1 aromatic heterocycles. The van der Waals surface area contributed by atoms with Crippen LogP contribution in [0.1, 0.15) is 41.8 Å². The minimum absolute atomic E-state index is 0.178. The van der Waals surface area contributed by atoms with Crippen molar-refractivity contribution < 1.29 is 23.8 Å². The minimum Gasteiger partial charge on any atom is -0.493 e. The van der Waals surface area contributed by atoms with Gasteiger partial charge in [0.1, 0.15) is 10.6 Å². The van der Waals surface area contributed by atoms with Crippen molar-refractivity contribution in [3.05, 3.63) is 64.5 Å². The third kappa shape index (κ3) is 5.93. The molecular weight excluding hydrogens is 438 g/mol. The van der Waals surface area contributed by atoms with Crippen LogP contribution in [-0.2, 0) is 22.4 Å². The quantitative estimate of drug-likeness (QED) is 0.385. The van der Waals surface area contributed by atoms with Crippen LogP contribution in [0.2, 0.25) is 0 Å². The van der Waals surface area contributed by atoms with Crippen molar-refractivity contribution in [3.63, 3.8) is 0 Å². The average Bonchev–Trinajstić information content (AvgIpc) is 3.26. The van der Waals surface area contributed by atoms with Crippen molar-refractivity contribution in [2.75, 3.05) is 26.1 Å². The molecule has 7 heteroatoms. The standard InChI is InChI=1S/C26H29NO5S/c1-5-17-7-11-19(12-8-17)20-16-33-25(24(20)26(29)31-4)27-23(28)14-10-18-9-13-21(32-6-2)22(15-18)30-3/h7-9,11-13,15-16H,5-6,10,14H2,1-4H3,(H,27,28). The number of ether oxygens (including phenoxy) is 3. The number of hydrogen-bond acceptors (Lipinski definition) is 6. The molecule has 174 valence electrons. The van der Waals surface area contributed by atoms with Gasteiger partial charge >= 0.3 is 5.97 Å². The maximum Gasteiger partial charge on any atom is 0.341 e. The largest absolute Gasteiger partial charge is 0.493 e. The summed E-state index contributed by atoms with van der Waals surface area (Å²) in [6, 6.07) is 13.7. The highest BCUT2D eigenvalue weighted by molar-refractivity contribution is 7.15. The van der Waals surface area contributed by atoms with E-state index in [0.717, 1.165) is 23.1 Å². The molecule has 33 heavy (non-hydrogen) atoms. The topological polar surface area (TPSA) is 73.9 Å². The number of nitrogens with one attached hydrogen (secondary N) is 1. The molecule has 0 fully saturated rings. The van der Waals surface area contributed by atoms with Crippen LogP contribution in [0.15, 0.2) is 47.8 Å². The average molecular weight is 468 g/mol. The van der Waals surface area contributed by atoms with Gasteiger partial charge in [-0.25, -0.2) is 4.79 Å². The smallest absolute Gasteiger partial charge is 0.341 e. The van der Waals surface area contributed by atoms with Crippen LogP contribution in [0.25, 0.3) is 11.1 Å². The number of anilines is 1. The van der Waals surface area contributed by atoms with Gasteiger partial charge < -0.3 is 19.5 Å². The van der Waals surface area contributed by atoms with Gasteiger partial charge in [-0.15, -0.1) is 11.3 Å². The first-order chi connectivity index (χ1) is 16.0. The lowest BCUT2D eigenvalue weighted by atomic mass is 10.0. The Morgan fingerprint density at radius 2 is 1.70 bits per heavy atom. The van der Waals surface area contributed by atoms with Crippen LogP contribution >= 0.6 is 11.3 Å². The summed E-state index contributed by atoms with van der Waals surface area (Å²) in [6.07, 6.45) is 1.73. The second-order valence-electron chi connectivity index (χ2n) is 7.36. The third-order valence-corrected chi connectivity index (χ3v) is 6.17. The van der Waals surface area contributed by atoms with Gasteiger partial charge in [-0.1, -0.05) is 37.3 Å². The Kier molecular flexibility index (Phi) is 8.49. The number of carbonyl (C=O) groups is 2. The second-order valence-corrected chi connectivity index (χ2v) is 8.24. The molecule has 6 nitrogen and oxygen atoms in total. The summed E-state index contributed by atoms with van der Waals surface area (Å²) >= 11 is 1.32. The van der Waals surface area contributed by atoms with E-state index >= 15 is 0 Å². The molecule has 0 bridgehead atoms. The van der Waals surface area contributed by atoms with E-state index in [1.54, 1.807) is 7.11 Å². The molecular formula is C26H29NO5S. The molecule has 0 unspecified atom stereocenters. The number of methoxy groups -OCH3 is 2. The fourth-order valence-corrected chi connectivity index (χ4v) is 4.45. The van der Waals surface area contributed by atoms with Crippen molar-refractivity contribution in [1.82, 2.24) is 0 Å². The van der Waals surface area contributed by atoms with Crippen molar-refractivity contribution in [2.45, 2.75) is 33.1 Å². The number of carbonyl (C=O) groups excluding carboxylic acids is 2. The van der Waals surface area contributed by atoms with Crippen molar-refractivity contribution >= 4 is 28.2 Å². The van der Waals surface area contributed by atoms with Gasteiger partial charge in [0.15, 0.2) is 11.5 Å². The molecule has 1 N–H and O–H groups in total. The molecule has 1 amide bonds.